The summed E-state index contributed by atoms with van der Waals surface area (Å²) in [7, 11) is -3.47. The van der Waals surface area contributed by atoms with Crippen LogP contribution in [0.1, 0.15) is 45.6 Å². The van der Waals surface area contributed by atoms with Gasteiger partial charge in [-0.25, -0.2) is 13.4 Å². The summed E-state index contributed by atoms with van der Waals surface area (Å²) in [6.07, 6.45) is 4.32. The van der Waals surface area contributed by atoms with Gasteiger partial charge in [-0.2, -0.15) is 4.31 Å². The molecule has 0 aliphatic rings. The Morgan fingerprint density at radius 3 is 2.24 bits per heavy atom. The highest BCUT2D eigenvalue weighted by Crippen LogP contribution is 2.14. The Morgan fingerprint density at radius 2 is 1.76 bits per heavy atom. The van der Waals surface area contributed by atoms with Crippen LogP contribution in [0.2, 0.25) is 0 Å². The van der Waals surface area contributed by atoms with Gasteiger partial charge in [0.2, 0.25) is 0 Å². The third-order valence-electron chi connectivity index (χ3n) is 3.10. The molecule has 0 aliphatic heterocycles. The maximum Gasteiger partial charge on any atom is 0.260 e. The van der Waals surface area contributed by atoms with Gasteiger partial charge in [0.05, 0.1) is 0 Å². The predicted octanol–water partition coefficient (Wildman–Crippen LogP) is 2.39. The van der Waals surface area contributed by atoms with E-state index in [2.05, 4.69) is 17.2 Å². The molecule has 0 unspecified atom stereocenters. The molecule has 0 aliphatic carbocycles. The van der Waals surface area contributed by atoms with Gasteiger partial charge in [-0.15, -0.1) is 0 Å². The number of aromatic nitrogens is 1. The number of nitrogens with zero attached hydrogens (tertiary/aromatic N) is 2. The molecule has 0 fully saturated rings. The predicted molar refractivity (Wildman–Crippen MR) is 85.6 cm³/mol. The van der Waals surface area contributed by atoms with Crippen LogP contribution >= 0.6 is 0 Å². The van der Waals surface area contributed by atoms with Gasteiger partial charge in [0.25, 0.3) is 10.0 Å². The van der Waals surface area contributed by atoms with Crippen LogP contribution in [-0.2, 0) is 16.6 Å². The van der Waals surface area contributed by atoms with Gasteiger partial charge in [0.15, 0.2) is 5.03 Å². The SMILES string of the molecule is CCCNCc1ccc(S(=O)(=O)N(CCC)CCC)nc1. The zero-order chi connectivity index (χ0) is 15.7. The van der Waals surface area contributed by atoms with E-state index in [-0.39, 0.29) is 5.03 Å². The van der Waals surface area contributed by atoms with Crippen LogP contribution in [0.25, 0.3) is 0 Å². The first-order valence-corrected chi connectivity index (χ1v) is 9.16. The van der Waals surface area contributed by atoms with E-state index >= 15 is 0 Å². The van der Waals surface area contributed by atoms with Crippen molar-refractivity contribution in [2.75, 3.05) is 19.6 Å². The Morgan fingerprint density at radius 1 is 1.10 bits per heavy atom. The first-order valence-electron chi connectivity index (χ1n) is 7.72. The van der Waals surface area contributed by atoms with Crippen molar-refractivity contribution < 1.29 is 8.42 Å². The van der Waals surface area contributed by atoms with Crippen molar-refractivity contribution in [3.05, 3.63) is 23.9 Å². The molecule has 120 valence electrons. The second-order valence-electron chi connectivity index (χ2n) is 5.09. The van der Waals surface area contributed by atoms with Crippen LogP contribution in [0, 0.1) is 0 Å². The van der Waals surface area contributed by atoms with Crippen LogP contribution in [-0.4, -0.2) is 37.3 Å². The van der Waals surface area contributed by atoms with Crippen LogP contribution < -0.4 is 5.32 Å². The first-order chi connectivity index (χ1) is 10.1. The maximum atomic E-state index is 12.5. The molecule has 0 saturated heterocycles. The van der Waals surface area contributed by atoms with Gasteiger partial charge in [0, 0.05) is 25.8 Å². The maximum absolute atomic E-state index is 12.5. The highest BCUT2D eigenvalue weighted by atomic mass is 32.2. The fraction of sp³-hybridized carbons (Fsp3) is 0.667. The molecule has 1 N–H and O–H groups in total. The Hall–Kier alpha value is -0.980. The summed E-state index contributed by atoms with van der Waals surface area (Å²) < 4.78 is 26.6. The Balaban J connectivity index is 2.82. The van der Waals surface area contributed by atoms with Crippen molar-refractivity contribution >= 4 is 10.0 Å². The molecule has 0 amide bonds. The normalized spacial score (nSPS) is 12.0. The highest BCUT2D eigenvalue weighted by molar-refractivity contribution is 7.89. The van der Waals surface area contributed by atoms with E-state index in [1.165, 1.54) is 4.31 Å². The molecular weight excluding hydrogens is 286 g/mol. The molecule has 5 nitrogen and oxygen atoms in total. The number of nitrogens with one attached hydrogen (secondary N) is 1. The second kappa shape index (κ2) is 9.12. The van der Waals surface area contributed by atoms with E-state index < -0.39 is 10.0 Å². The molecule has 0 bridgehead atoms. The molecule has 0 radical (unpaired) electrons. The molecular formula is C15H27N3O2S. The number of hydrogen-bond acceptors (Lipinski definition) is 4. The zero-order valence-electron chi connectivity index (χ0n) is 13.3. The van der Waals surface area contributed by atoms with Gasteiger partial charge < -0.3 is 5.32 Å². The first kappa shape index (κ1) is 18.1. The topological polar surface area (TPSA) is 62.3 Å². The summed E-state index contributed by atoms with van der Waals surface area (Å²) >= 11 is 0. The smallest absolute Gasteiger partial charge is 0.260 e. The average Bonchev–Trinajstić information content (AvgIpc) is 2.48. The third-order valence-corrected chi connectivity index (χ3v) is 4.92. The van der Waals surface area contributed by atoms with Crippen LogP contribution in [0.3, 0.4) is 0 Å². The van der Waals surface area contributed by atoms with Crippen LogP contribution in [0.15, 0.2) is 23.4 Å². The Labute approximate surface area is 128 Å². The van der Waals surface area contributed by atoms with Crippen molar-refractivity contribution in [1.82, 2.24) is 14.6 Å². The third kappa shape index (κ3) is 5.37. The van der Waals surface area contributed by atoms with Crippen molar-refractivity contribution in [3.63, 3.8) is 0 Å². The molecule has 21 heavy (non-hydrogen) atoms. The zero-order valence-corrected chi connectivity index (χ0v) is 14.1. The standard InChI is InChI=1S/C15H27N3O2S/c1-4-9-16-12-14-7-8-15(17-13-14)21(19,20)18(10-5-2)11-6-3/h7-8,13,16H,4-6,9-12H2,1-3H3. The lowest BCUT2D eigenvalue weighted by molar-refractivity contribution is 0.408. The van der Waals surface area contributed by atoms with E-state index in [1.807, 2.05) is 19.9 Å². The van der Waals surface area contributed by atoms with E-state index in [4.69, 9.17) is 0 Å². The molecule has 0 aromatic carbocycles. The lowest BCUT2D eigenvalue weighted by Gasteiger charge is -2.20. The fourth-order valence-corrected chi connectivity index (χ4v) is 3.60. The van der Waals surface area contributed by atoms with Gasteiger partial charge in [0.1, 0.15) is 0 Å². The van der Waals surface area contributed by atoms with Gasteiger partial charge in [-0.3, -0.25) is 0 Å². The van der Waals surface area contributed by atoms with E-state index in [1.54, 1.807) is 12.3 Å². The molecule has 6 heteroatoms. The highest BCUT2D eigenvalue weighted by Gasteiger charge is 2.24. The summed E-state index contributed by atoms with van der Waals surface area (Å²) in [6.45, 7) is 8.81. The lowest BCUT2D eigenvalue weighted by atomic mass is 10.3. The Bertz CT molecular complexity index is 494. The summed E-state index contributed by atoms with van der Waals surface area (Å²) in [5, 5.41) is 3.42. The van der Waals surface area contributed by atoms with Crippen LogP contribution in [0.5, 0.6) is 0 Å². The van der Waals surface area contributed by atoms with Crippen molar-refractivity contribution in [2.24, 2.45) is 0 Å². The molecule has 1 heterocycles. The second-order valence-corrected chi connectivity index (χ2v) is 6.97. The minimum Gasteiger partial charge on any atom is -0.313 e. The number of sulfonamides is 1. The largest absolute Gasteiger partial charge is 0.313 e. The monoisotopic (exact) mass is 313 g/mol. The van der Waals surface area contributed by atoms with Crippen molar-refractivity contribution in [1.29, 1.82) is 0 Å². The molecule has 0 saturated carbocycles. The van der Waals surface area contributed by atoms with Crippen molar-refractivity contribution in [2.45, 2.75) is 51.6 Å². The van der Waals surface area contributed by atoms with E-state index in [9.17, 15) is 8.42 Å². The van der Waals surface area contributed by atoms with Gasteiger partial charge in [-0.1, -0.05) is 26.8 Å². The number of hydrogen-bond donors (Lipinski definition) is 1. The Kier molecular flexibility index (Phi) is 7.85. The van der Waals surface area contributed by atoms with E-state index in [0.29, 0.717) is 13.1 Å². The summed E-state index contributed by atoms with van der Waals surface area (Å²) in [5.74, 6) is 0. The molecule has 1 aromatic heterocycles. The molecule has 1 aromatic rings. The average molecular weight is 313 g/mol. The van der Waals surface area contributed by atoms with Gasteiger partial charge >= 0.3 is 0 Å². The number of pyridine rings is 1. The minimum atomic E-state index is -3.47. The summed E-state index contributed by atoms with van der Waals surface area (Å²) in [6, 6.07) is 3.44. The molecule has 1 rings (SSSR count). The van der Waals surface area contributed by atoms with E-state index in [0.717, 1.165) is 37.9 Å². The minimum absolute atomic E-state index is 0.142. The molecule has 0 spiro atoms. The van der Waals surface area contributed by atoms with Crippen LogP contribution in [0.4, 0.5) is 0 Å². The summed E-state index contributed by atoms with van der Waals surface area (Å²) in [5.41, 5.74) is 1.000. The molecule has 0 atom stereocenters. The number of rotatable bonds is 10. The van der Waals surface area contributed by atoms with Gasteiger partial charge in [-0.05, 0) is 37.4 Å². The summed E-state index contributed by atoms with van der Waals surface area (Å²) in [4.78, 5) is 4.14. The lowest BCUT2D eigenvalue weighted by Crippen LogP contribution is -2.33. The quantitative estimate of drug-likeness (QED) is 0.674. The fourth-order valence-electron chi connectivity index (χ4n) is 2.06. The van der Waals surface area contributed by atoms with Crippen molar-refractivity contribution in [3.8, 4) is 0 Å².